The number of rotatable bonds is 4. The van der Waals surface area contributed by atoms with Crippen molar-refractivity contribution < 1.29 is 0 Å². The molecular weight excluding hydrogens is 262 g/mol. The number of aromatic nitrogens is 1. The van der Waals surface area contributed by atoms with Crippen LogP contribution in [0, 0.1) is 18.3 Å². The van der Waals surface area contributed by atoms with E-state index in [4.69, 9.17) is 5.73 Å². The second-order valence-electron chi connectivity index (χ2n) is 5.14. The van der Waals surface area contributed by atoms with Gasteiger partial charge in [-0.3, -0.25) is 9.36 Å². The lowest BCUT2D eigenvalue weighted by Gasteiger charge is -2.13. The van der Waals surface area contributed by atoms with Crippen molar-refractivity contribution >= 4 is 5.82 Å². The molecule has 0 saturated heterocycles. The Labute approximate surface area is 124 Å². The predicted molar refractivity (Wildman–Crippen MR) is 84.9 cm³/mol. The van der Waals surface area contributed by atoms with Gasteiger partial charge in [-0.1, -0.05) is 43.2 Å². The number of benzene rings is 1. The van der Waals surface area contributed by atoms with Crippen molar-refractivity contribution in [3.63, 3.8) is 0 Å². The van der Waals surface area contributed by atoms with Crippen LogP contribution < -0.4 is 11.3 Å². The number of hydrogen-bond acceptors (Lipinski definition) is 3. The number of anilines is 1. The molecule has 108 valence electrons. The van der Waals surface area contributed by atoms with Crippen LogP contribution in [0.25, 0.3) is 11.1 Å². The molecule has 1 heterocycles. The van der Waals surface area contributed by atoms with Crippen LogP contribution in [0.1, 0.15) is 30.9 Å². The summed E-state index contributed by atoms with van der Waals surface area (Å²) in [6, 6.07) is 11.4. The first kappa shape index (κ1) is 14.9. The third kappa shape index (κ3) is 2.97. The van der Waals surface area contributed by atoms with Crippen molar-refractivity contribution in [2.75, 3.05) is 5.73 Å². The van der Waals surface area contributed by atoms with Crippen molar-refractivity contribution in [2.24, 2.45) is 0 Å². The first-order chi connectivity index (χ1) is 10.1. The van der Waals surface area contributed by atoms with Crippen LogP contribution in [0.4, 0.5) is 5.82 Å². The zero-order valence-electron chi connectivity index (χ0n) is 12.4. The lowest BCUT2D eigenvalue weighted by atomic mass is 10.00. The first-order valence-corrected chi connectivity index (χ1v) is 7.09. The highest BCUT2D eigenvalue weighted by Gasteiger charge is 2.14. The van der Waals surface area contributed by atoms with E-state index >= 15 is 0 Å². The van der Waals surface area contributed by atoms with Gasteiger partial charge in [0.2, 0.25) is 0 Å². The Morgan fingerprint density at radius 3 is 2.52 bits per heavy atom. The van der Waals surface area contributed by atoms with E-state index in [2.05, 4.69) is 6.07 Å². The topological polar surface area (TPSA) is 71.8 Å². The number of hydrogen-bond donors (Lipinski definition) is 1. The van der Waals surface area contributed by atoms with E-state index in [0.29, 0.717) is 17.7 Å². The smallest absolute Gasteiger partial charge is 0.252 e. The van der Waals surface area contributed by atoms with E-state index in [1.165, 1.54) is 10.6 Å². The fourth-order valence-corrected chi connectivity index (χ4v) is 2.29. The van der Waals surface area contributed by atoms with Gasteiger partial charge in [-0.2, -0.15) is 5.26 Å². The molecule has 1 aromatic heterocycles. The highest BCUT2D eigenvalue weighted by Crippen LogP contribution is 2.26. The van der Waals surface area contributed by atoms with Crippen LogP contribution in [-0.2, 0) is 6.54 Å². The molecule has 0 radical (unpaired) electrons. The highest BCUT2D eigenvalue weighted by atomic mass is 16.1. The second kappa shape index (κ2) is 6.27. The molecule has 0 fully saturated rings. The predicted octanol–water partition coefficient (Wildman–Crippen LogP) is 3.08. The number of nitrogens with zero attached hydrogens (tertiary/aromatic N) is 2. The fourth-order valence-electron chi connectivity index (χ4n) is 2.29. The van der Waals surface area contributed by atoms with Gasteiger partial charge in [-0.15, -0.1) is 0 Å². The van der Waals surface area contributed by atoms with E-state index in [9.17, 15) is 10.1 Å². The summed E-state index contributed by atoms with van der Waals surface area (Å²) in [7, 11) is 0. The molecule has 2 N–H and O–H groups in total. The van der Waals surface area contributed by atoms with Crippen LogP contribution in [0.5, 0.6) is 0 Å². The summed E-state index contributed by atoms with van der Waals surface area (Å²) < 4.78 is 1.49. The van der Waals surface area contributed by atoms with Crippen LogP contribution in [0.3, 0.4) is 0 Å². The minimum absolute atomic E-state index is 0.157. The Bertz CT molecular complexity index is 736. The Morgan fingerprint density at radius 2 is 1.95 bits per heavy atom. The minimum atomic E-state index is -0.157. The fraction of sp³-hybridized carbons (Fsp3) is 0.294. The van der Waals surface area contributed by atoms with Crippen LogP contribution >= 0.6 is 0 Å². The summed E-state index contributed by atoms with van der Waals surface area (Å²) in [6.45, 7) is 4.59. The maximum Gasteiger partial charge on any atom is 0.252 e. The van der Waals surface area contributed by atoms with Crippen LogP contribution in [0.2, 0.25) is 0 Å². The standard InChI is InChI=1S/C17H19N3O/c1-3-4-9-20-16(21)10-14(15(11-18)17(20)19)13-7-5-12(2)6-8-13/h5-8,10H,3-4,9,19H2,1-2H3. The van der Waals surface area contributed by atoms with Crippen molar-refractivity contribution in [1.82, 2.24) is 4.57 Å². The molecule has 0 spiro atoms. The van der Waals surface area contributed by atoms with E-state index in [1.54, 1.807) is 0 Å². The first-order valence-electron chi connectivity index (χ1n) is 7.09. The summed E-state index contributed by atoms with van der Waals surface area (Å²) in [5.74, 6) is 0.258. The van der Waals surface area contributed by atoms with Crippen molar-refractivity contribution in [2.45, 2.75) is 33.2 Å². The molecule has 2 rings (SSSR count). The zero-order chi connectivity index (χ0) is 15.4. The molecule has 0 aliphatic rings. The minimum Gasteiger partial charge on any atom is -0.384 e. The van der Waals surface area contributed by atoms with Gasteiger partial charge in [-0.05, 0) is 18.9 Å². The third-order valence-corrected chi connectivity index (χ3v) is 3.56. The van der Waals surface area contributed by atoms with Gasteiger partial charge in [0.25, 0.3) is 5.56 Å². The number of unbranched alkanes of at least 4 members (excludes halogenated alkanes) is 1. The Morgan fingerprint density at radius 1 is 1.29 bits per heavy atom. The molecule has 1 aromatic carbocycles. The second-order valence-corrected chi connectivity index (χ2v) is 5.14. The van der Waals surface area contributed by atoms with Crippen molar-refractivity contribution in [3.8, 4) is 17.2 Å². The summed E-state index contributed by atoms with van der Waals surface area (Å²) in [5, 5.41) is 9.41. The molecule has 0 saturated carbocycles. The molecule has 21 heavy (non-hydrogen) atoms. The van der Waals surface area contributed by atoms with Crippen molar-refractivity contribution in [1.29, 1.82) is 5.26 Å². The quantitative estimate of drug-likeness (QED) is 0.936. The molecule has 0 aliphatic heterocycles. The van der Waals surface area contributed by atoms with Gasteiger partial charge in [-0.25, -0.2) is 0 Å². The zero-order valence-corrected chi connectivity index (χ0v) is 12.4. The summed E-state index contributed by atoms with van der Waals surface area (Å²) in [6.07, 6.45) is 1.83. The Balaban J connectivity index is 2.61. The van der Waals surface area contributed by atoms with Crippen LogP contribution in [0.15, 0.2) is 35.1 Å². The molecule has 0 aliphatic carbocycles. The van der Waals surface area contributed by atoms with Gasteiger partial charge >= 0.3 is 0 Å². The summed E-state index contributed by atoms with van der Waals surface area (Å²) in [4.78, 5) is 12.2. The average Bonchev–Trinajstić information content (AvgIpc) is 2.47. The van der Waals surface area contributed by atoms with Gasteiger partial charge in [0.05, 0.1) is 0 Å². The summed E-state index contributed by atoms with van der Waals surface area (Å²) in [5.41, 5.74) is 8.82. The van der Waals surface area contributed by atoms with Gasteiger partial charge < -0.3 is 5.73 Å². The van der Waals surface area contributed by atoms with E-state index < -0.39 is 0 Å². The van der Waals surface area contributed by atoms with Gasteiger partial charge in [0, 0.05) is 18.2 Å². The number of nitrogens with two attached hydrogens (primary N) is 1. The molecule has 0 atom stereocenters. The molecule has 0 amide bonds. The maximum atomic E-state index is 12.2. The lowest BCUT2D eigenvalue weighted by Crippen LogP contribution is -2.24. The largest absolute Gasteiger partial charge is 0.384 e. The van der Waals surface area contributed by atoms with Crippen LogP contribution in [-0.4, -0.2) is 4.57 Å². The molecule has 0 unspecified atom stereocenters. The third-order valence-electron chi connectivity index (χ3n) is 3.56. The molecule has 4 heteroatoms. The van der Waals surface area contributed by atoms with Gasteiger partial charge in [0.1, 0.15) is 17.5 Å². The Hall–Kier alpha value is -2.54. The average molecular weight is 281 g/mol. The molecule has 0 bridgehead atoms. The van der Waals surface area contributed by atoms with E-state index in [1.807, 2.05) is 38.1 Å². The number of pyridine rings is 1. The molecule has 2 aromatic rings. The van der Waals surface area contributed by atoms with E-state index in [0.717, 1.165) is 24.0 Å². The normalized spacial score (nSPS) is 10.3. The molecule has 4 nitrogen and oxygen atoms in total. The van der Waals surface area contributed by atoms with E-state index in [-0.39, 0.29) is 11.4 Å². The SMILES string of the molecule is CCCCn1c(N)c(C#N)c(-c2ccc(C)cc2)cc1=O. The van der Waals surface area contributed by atoms with Gasteiger partial charge in [0.15, 0.2) is 0 Å². The molecular formula is C17H19N3O. The number of nitriles is 1. The summed E-state index contributed by atoms with van der Waals surface area (Å²) >= 11 is 0. The highest BCUT2D eigenvalue weighted by molar-refractivity contribution is 5.75. The maximum absolute atomic E-state index is 12.2. The monoisotopic (exact) mass is 281 g/mol. The number of aryl methyl sites for hydroxylation is 1. The lowest BCUT2D eigenvalue weighted by molar-refractivity contribution is 0.620. The Kier molecular flexibility index (Phi) is 4.44. The van der Waals surface area contributed by atoms with Crippen molar-refractivity contribution in [3.05, 3.63) is 51.8 Å². The number of nitrogen functional groups attached to an aromatic ring is 1.